The molecular formula is C29H32N6O4S. The van der Waals surface area contributed by atoms with Gasteiger partial charge >= 0.3 is 0 Å². The Balaban J connectivity index is 0.00000181. The van der Waals surface area contributed by atoms with Crippen LogP contribution in [0.2, 0.25) is 0 Å². The predicted molar refractivity (Wildman–Crippen MR) is 158 cm³/mol. The Kier molecular flexibility index (Phi) is 9.37. The van der Waals surface area contributed by atoms with Gasteiger partial charge in [-0.15, -0.1) is 0 Å². The molecule has 0 radical (unpaired) electrons. The van der Waals surface area contributed by atoms with Crippen LogP contribution < -0.4 is 14.9 Å². The van der Waals surface area contributed by atoms with Gasteiger partial charge in [-0.3, -0.25) is 9.52 Å². The summed E-state index contributed by atoms with van der Waals surface area (Å²) in [5.41, 5.74) is 4.09. The molecular weight excluding hydrogens is 528 g/mol. The number of hydrogen-bond acceptors (Lipinski definition) is 7. The number of morpholine rings is 1. The molecule has 1 fully saturated rings. The van der Waals surface area contributed by atoms with Crippen LogP contribution in [0, 0.1) is 11.8 Å². The zero-order chi connectivity index (χ0) is 28.5. The van der Waals surface area contributed by atoms with Crippen molar-refractivity contribution >= 4 is 44.2 Å². The highest BCUT2D eigenvalue weighted by molar-refractivity contribution is 7.91. The molecule has 1 aliphatic rings. The summed E-state index contributed by atoms with van der Waals surface area (Å²) in [5, 5.41) is 3.55. The topological polar surface area (TPSA) is 129 Å². The van der Waals surface area contributed by atoms with E-state index in [2.05, 4.69) is 41.7 Å². The molecule has 2 aromatic heterocycles. The van der Waals surface area contributed by atoms with E-state index in [1.807, 2.05) is 32.0 Å². The molecule has 1 saturated heterocycles. The van der Waals surface area contributed by atoms with Gasteiger partial charge in [0, 0.05) is 30.2 Å². The van der Waals surface area contributed by atoms with Gasteiger partial charge in [-0.2, -0.15) is 0 Å². The van der Waals surface area contributed by atoms with Crippen LogP contribution >= 0.6 is 0 Å². The molecule has 0 bridgehead atoms. The predicted octanol–water partition coefficient (Wildman–Crippen LogP) is 4.39. The van der Waals surface area contributed by atoms with Gasteiger partial charge < -0.3 is 19.9 Å². The molecule has 11 heteroatoms. The quantitative estimate of drug-likeness (QED) is 0.286. The molecule has 4 aromatic rings. The minimum absolute atomic E-state index is 0.206. The van der Waals surface area contributed by atoms with E-state index in [1.165, 1.54) is 0 Å². The average Bonchev–Trinajstić information content (AvgIpc) is 3.40. The summed E-state index contributed by atoms with van der Waals surface area (Å²) in [6.45, 7) is 8.46. The number of fused-ring (bicyclic) bond motifs is 1. The third-order valence-electron chi connectivity index (χ3n) is 5.99. The number of ether oxygens (including phenoxy) is 1. The van der Waals surface area contributed by atoms with Gasteiger partial charge in [-0.05, 0) is 54.3 Å². The van der Waals surface area contributed by atoms with Crippen molar-refractivity contribution < 1.29 is 17.9 Å². The van der Waals surface area contributed by atoms with E-state index in [0.717, 1.165) is 41.2 Å². The van der Waals surface area contributed by atoms with Gasteiger partial charge in [-0.1, -0.05) is 44.0 Å². The standard InChI is InChI=1S/C27H26N6O4S.C2H6/c1-2-3-25(34)30-21-8-4-19(5-9-21)17-38(35,36)32-22-10-6-20(7-11-22)24-16-23-26(31-24)28-18-29-27(23)33-12-14-37-15-13-33;1-2/h4-11,16,18,32H,12-15,17H2,1H3,(H,30,34)(H,28,29,31);1-2H3. The first-order chi connectivity index (χ1) is 19.4. The molecule has 2 aromatic carbocycles. The highest BCUT2D eigenvalue weighted by Crippen LogP contribution is 2.30. The van der Waals surface area contributed by atoms with Gasteiger partial charge in [0.25, 0.3) is 5.91 Å². The second kappa shape index (κ2) is 13.1. The molecule has 0 atom stereocenters. The number of hydrogen-bond donors (Lipinski definition) is 3. The molecule has 10 nitrogen and oxygen atoms in total. The van der Waals surface area contributed by atoms with Crippen molar-refractivity contribution in [2.45, 2.75) is 26.5 Å². The smallest absolute Gasteiger partial charge is 0.300 e. The van der Waals surface area contributed by atoms with Crippen molar-refractivity contribution in [2.24, 2.45) is 0 Å². The highest BCUT2D eigenvalue weighted by Gasteiger charge is 2.18. The Morgan fingerprint density at radius 1 is 1.02 bits per heavy atom. The lowest BCUT2D eigenvalue weighted by molar-refractivity contribution is -0.111. The van der Waals surface area contributed by atoms with Crippen LogP contribution in [0.4, 0.5) is 17.2 Å². The Labute approximate surface area is 234 Å². The number of anilines is 3. The Morgan fingerprint density at radius 3 is 2.38 bits per heavy atom. The molecule has 0 saturated carbocycles. The normalized spacial score (nSPS) is 13.0. The number of nitrogens with one attached hydrogen (secondary N) is 3. The fraction of sp³-hybridized carbons (Fsp3) is 0.276. The first kappa shape index (κ1) is 28.6. The van der Waals surface area contributed by atoms with E-state index in [9.17, 15) is 13.2 Å². The van der Waals surface area contributed by atoms with Gasteiger partial charge in [0.15, 0.2) is 0 Å². The maximum absolute atomic E-state index is 12.7. The first-order valence-corrected chi connectivity index (χ1v) is 14.7. The Bertz CT molecular complexity index is 1620. The van der Waals surface area contributed by atoms with E-state index >= 15 is 0 Å². The van der Waals surface area contributed by atoms with Crippen LogP contribution in [0.25, 0.3) is 22.3 Å². The van der Waals surface area contributed by atoms with Gasteiger partial charge in [-0.25, -0.2) is 18.4 Å². The lowest BCUT2D eigenvalue weighted by Gasteiger charge is -2.27. The SMILES string of the molecule is CC.CC#CC(=O)Nc1ccc(CS(=O)(=O)Nc2ccc(-c3cc4c(N5CCOCC5)ncnc4[nH]3)cc2)cc1. The summed E-state index contributed by atoms with van der Waals surface area (Å²) in [5.74, 6) is 5.16. The lowest BCUT2D eigenvalue weighted by Crippen LogP contribution is -2.36. The van der Waals surface area contributed by atoms with Crippen LogP contribution in [0.1, 0.15) is 26.3 Å². The number of H-pyrrole nitrogens is 1. The van der Waals surface area contributed by atoms with Crippen LogP contribution in [0.5, 0.6) is 0 Å². The van der Waals surface area contributed by atoms with Gasteiger partial charge in [0.2, 0.25) is 10.0 Å². The number of carbonyl (C=O) groups excluding carboxylic acids is 1. The third kappa shape index (κ3) is 7.16. The molecule has 3 N–H and O–H groups in total. The van der Waals surface area contributed by atoms with Crippen molar-refractivity contribution in [1.29, 1.82) is 0 Å². The molecule has 1 amide bonds. The van der Waals surface area contributed by atoms with Crippen LogP contribution in [-0.2, 0) is 25.3 Å². The number of rotatable bonds is 7. The van der Waals surface area contributed by atoms with Crippen molar-refractivity contribution in [3.8, 4) is 23.1 Å². The summed E-state index contributed by atoms with van der Waals surface area (Å²) in [6.07, 6.45) is 1.55. The summed E-state index contributed by atoms with van der Waals surface area (Å²) in [7, 11) is -3.65. The number of amides is 1. The number of nitrogens with zero attached hydrogens (tertiary/aromatic N) is 3. The molecule has 1 aliphatic heterocycles. The van der Waals surface area contributed by atoms with Crippen LogP contribution in [0.15, 0.2) is 60.9 Å². The summed E-state index contributed by atoms with van der Waals surface area (Å²) < 4.78 is 33.6. The molecule has 0 spiro atoms. The van der Waals surface area contributed by atoms with Crippen molar-refractivity contribution in [1.82, 2.24) is 15.0 Å². The Hall–Kier alpha value is -4.40. The van der Waals surface area contributed by atoms with E-state index in [-0.39, 0.29) is 5.75 Å². The summed E-state index contributed by atoms with van der Waals surface area (Å²) >= 11 is 0. The molecule has 0 unspecified atom stereocenters. The zero-order valence-corrected chi connectivity index (χ0v) is 23.5. The monoisotopic (exact) mass is 560 g/mol. The van der Waals surface area contributed by atoms with E-state index < -0.39 is 15.9 Å². The molecule has 3 heterocycles. The number of carbonyl (C=O) groups is 1. The Morgan fingerprint density at radius 2 is 1.70 bits per heavy atom. The minimum Gasteiger partial charge on any atom is -0.378 e. The zero-order valence-electron chi connectivity index (χ0n) is 22.7. The maximum Gasteiger partial charge on any atom is 0.300 e. The first-order valence-electron chi connectivity index (χ1n) is 13.0. The summed E-state index contributed by atoms with van der Waals surface area (Å²) in [6, 6.07) is 15.7. The van der Waals surface area contributed by atoms with E-state index in [4.69, 9.17) is 4.74 Å². The average molecular weight is 561 g/mol. The van der Waals surface area contributed by atoms with Gasteiger partial charge in [0.05, 0.1) is 24.4 Å². The number of sulfonamides is 1. The van der Waals surface area contributed by atoms with Crippen molar-refractivity contribution in [3.05, 3.63) is 66.5 Å². The third-order valence-corrected chi connectivity index (χ3v) is 7.25. The maximum atomic E-state index is 12.7. The highest BCUT2D eigenvalue weighted by atomic mass is 32.2. The van der Waals surface area contributed by atoms with E-state index in [0.29, 0.717) is 30.2 Å². The van der Waals surface area contributed by atoms with Crippen molar-refractivity contribution in [3.63, 3.8) is 0 Å². The number of benzene rings is 2. The second-order valence-corrected chi connectivity index (χ2v) is 10.4. The van der Waals surface area contributed by atoms with Crippen LogP contribution in [-0.4, -0.2) is 55.6 Å². The fourth-order valence-electron chi connectivity index (χ4n) is 4.22. The molecule has 0 aliphatic carbocycles. The second-order valence-electron chi connectivity index (χ2n) is 8.71. The van der Waals surface area contributed by atoms with Crippen molar-refractivity contribution in [2.75, 3.05) is 41.2 Å². The number of aromatic amines is 1. The molecule has 208 valence electrons. The molecule has 5 rings (SSSR count). The van der Waals surface area contributed by atoms with Gasteiger partial charge in [0.1, 0.15) is 17.8 Å². The van der Waals surface area contributed by atoms with Crippen LogP contribution in [0.3, 0.4) is 0 Å². The molecule has 40 heavy (non-hydrogen) atoms. The van der Waals surface area contributed by atoms with E-state index in [1.54, 1.807) is 49.6 Å². The number of aromatic nitrogens is 3. The largest absolute Gasteiger partial charge is 0.378 e. The lowest BCUT2D eigenvalue weighted by atomic mass is 10.1. The fourth-order valence-corrected chi connectivity index (χ4v) is 5.42. The summed E-state index contributed by atoms with van der Waals surface area (Å²) in [4.78, 5) is 26.0. The minimum atomic E-state index is -3.65.